The van der Waals surface area contributed by atoms with Gasteiger partial charge in [0.25, 0.3) is 9.04 Å². The van der Waals surface area contributed by atoms with E-state index in [-0.39, 0.29) is 10.8 Å². The van der Waals surface area contributed by atoms with Gasteiger partial charge in [-0.2, -0.15) is 0 Å². The molecule has 0 aliphatic carbocycles. The van der Waals surface area contributed by atoms with Crippen LogP contribution in [-0.4, -0.2) is 15.3 Å². The van der Waals surface area contributed by atoms with E-state index in [0.717, 1.165) is 23.2 Å². The number of aldehydes is 1. The largest absolute Gasteiger partial charge is 0.542 e. The molecule has 1 aromatic rings. The molecule has 0 N–H and O–H groups in total. The summed E-state index contributed by atoms with van der Waals surface area (Å²) in [5.74, 6) is 0.869. The van der Waals surface area contributed by atoms with Gasteiger partial charge >= 0.3 is 0 Å². The van der Waals surface area contributed by atoms with Gasteiger partial charge in [0.05, 0.1) is 0 Å². The van der Waals surface area contributed by atoms with Crippen LogP contribution in [0.1, 0.15) is 68.6 Å². The first kappa shape index (κ1) is 18.0. The first-order chi connectivity index (χ1) is 9.39. The quantitative estimate of drug-likeness (QED) is 0.578. The minimum atomic E-state index is -0.859. The second kappa shape index (κ2) is 5.96. The van der Waals surface area contributed by atoms with Crippen molar-refractivity contribution in [3.8, 4) is 5.75 Å². The normalized spacial score (nSPS) is 12.7. The van der Waals surface area contributed by atoms with Gasteiger partial charge in [-0.3, -0.25) is 4.79 Å². The molecule has 0 saturated carbocycles. The summed E-state index contributed by atoms with van der Waals surface area (Å²) in [5, 5.41) is 0. The fourth-order valence-electron chi connectivity index (χ4n) is 2.94. The number of carbonyl (C=O) groups excluding carboxylic acids is 1. The standard InChI is InChI=1S/C18H29O2Si/c1-12-14(20-21(8)9)10-13(11-19)16(18(5,6)7)15(12)17(2,3)4/h10-11H,1-9H3. The van der Waals surface area contributed by atoms with Crippen molar-refractivity contribution in [3.63, 3.8) is 0 Å². The van der Waals surface area contributed by atoms with Crippen LogP contribution in [0.15, 0.2) is 6.07 Å². The van der Waals surface area contributed by atoms with Crippen LogP contribution in [0.4, 0.5) is 0 Å². The van der Waals surface area contributed by atoms with Crippen LogP contribution in [0.2, 0.25) is 13.1 Å². The predicted octanol–water partition coefficient (Wildman–Crippen LogP) is 5.03. The maximum Gasteiger partial charge on any atom is 0.274 e. The topological polar surface area (TPSA) is 26.3 Å². The lowest BCUT2D eigenvalue weighted by Gasteiger charge is -2.34. The lowest BCUT2D eigenvalue weighted by molar-refractivity contribution is 0.112. The van der Waals surface area contributed by atoms with Gasteiger partial charge in [-0.05, 0) is 53.6 Å². The molecule has 1 aromatic carbocycles. The predicted molar refractivity (Wildman–Crippen MR) is 92.1 cm³/mol. The number of carbonyl (C=O) groups is 1. The van der Waals surface area contributed by atoms with E-state index in [9.17, 15) is 4.79 Å². The van der Waals surface area contributed by atoms with Gasteiger partial charge in [-0.25, -0.2) is 0 Å². The zero-order valence-electron chi connectivity index (χ0n) is 15.0. The second-order valence-corrected chi connectivity index (χ2v) is 9.99. The third-order valence-electron chi connectivity index (χ3n) is 3.51. The molecule has 0 bridgehead atoms. The van der Waals surface area contributed by atoms with Crippen molar-refractivity contribution in [2.45, 2.75) is 72.4 Å². The summed E-state index contributed by atoms with van der Waals surface area (Å²) in [6.45, 7) is 19.4. The summed E-state index contributed by atoms with van der Waals surface area (Å²) < 4.78 is 6.03. The van der Waals surface area contributed by atoms with Gasteiger partial charge in [0, 0.05) is 5.56 Å². The van der Waals surface area contributed by atoms with Crippen molar-refractivity contribution < 1.29 is 9.22 Å². The van der Waals surface area contributed by atoms with Gasteiger partial charge in [0.2, 0.25) is 0 Å². The van der Waals surface area contributed by atoms with Crippen LogP contribution in [0.3, 0.4) is 0 Å². The highest BCUT2D eigenvalue weighted by Crippen LogP contribution is 2.41. The highest BCUT2D eigenvalue weighted by molar-refractivity contribution is 6.49. The Balaban J connectivity index is 3.80. The number of benzene rings is 1. The van der Waals surface area contributed by atoms with Crippen LogP contribution in [0.5, 0.6) is 5.75 Å². The molecular weight excluding hydrogens is 276 g/mol. The van der Waals surface area contributed by atoms with E-state index in [0.29, 0.717) is 0 Å². The van der Waals surface area contributed by atoms with Gasteiger partial charge in [0.15, 0.2) is 0 Å². The lowest BCUT2D eigenvalue weighted by Crippen LogP contribution is -2.26. The van der Waals surface area contributed by atoms with E-state index in [1.165, 1.54) is 11.1 Å². The average molecular weight is 306 g/mol. The third kappa shape index (κ3) is 3.97. The molecule has 0 aliphatic heterocycles. The molecule has 0 saturated heterocycles. The number of hydrogen-bond acceptors (Lipinski definition) is 2. The fourth-order valence-corrected chi connectivity index (χ4v) is 3.59. The highest BCUT2D eigenvalue weighted by Gasteiger charge is 2.31. The van der Waals surface area contributed by atoms with Crippen molar-refractivity contribution in [2.24, 2.45) is 0 Å². The zero-order chi connectivity index (χ0) is 16.6. The molecule has 0 spiro atoms. The minimum absolute atomic E-state index is 0.0296. The second-order valence-electron chi connectivity index (χ2n) is 7.97. The molecule has 1 rings (SSSR count). The minimum Gasteiger partial charge on any atom is -0.542 e. The van der Waals surface area contributed by atoms with E-state index in [4.69, 9.17) is 4.43 Å². The summed E-state index contributed by atoms with van der Waals surface area (Å²) in [4.78, 5) is 11.7. The molecule has 0 atom stereocenters. The molecular formula is C18H29O2Si. The maximum atomic E-state index is 11.7. The third-order valence-corrected chi connectivity index (χ3v) is 4.14. The van der Waals surface area contributed by atoms with E-state index < -0.39 is 9.04 Å². The Bertz CT molecular complexity index is 532. The Morgan fingerprint density at radius 2 is 1.48 bits per heavy atom. The zero-order valence-corrected chi connectivity index (χ0v) is 16.0. The number of rotatable bonds is 3. The molecule has 117 valence electrons. The molecule has 0 unspecified atom stereocenters. The van der Waals surface area contributed by atoms with Crippen molar-refractivity contribution in [1.29, 1.82) is 0 Å². The van der Waals surface area contributed by atoms with Crippen LogP contribution < -0.4 is 4.43 Å². The first-order valence-electron chi connectivity index (χ1n) is 7.51. The van der Waals surface area contributed by atoms with E-state index >= 15 is 0 Å². The van der Waals surface area contributed by atoms with E-state index in [1.54, 1.807) is 0 Å². The van der Waals surface area contributed by atoms with Crippen LogP contribution in [0, 0.1) is 6.92 Å². The molecule has 0 heterocycles. The van der Waals surface area contributed by atoms with Crippen molar-refractivity contribution >= 4 is 15.3 Å². The summed E-state index contributed by atoms with van der Waals surface area (Å²) in [6.07, 6.45) is 0.972. The Labute approximate surface area is 131 Å². The van der Waals surface area contributed by atoms with Crippen LogP contribution in [0.25, 0.3) is 0 Å². The summed E-state index contributed by atoms with van der Waals surface area (Å²) in [7, 11) is -0.859. The molecule has 0 amide bonds. The van der Waals surface area contributed by atoms with Crippen molar-refractivity contribution in [2.75, 3.05) is 0 Å². The Morgan fingerprint density at radius 1 is 1.00 bits per heavy atom. The van der Waals surface area contributed by atoms with Crippen molar-refractivity contribution in [1.82, 2.24) is 0 Å². The molecule has 1 radical (unpaired) electrons. The molecule has 2 nitrogen and oxygen atoms in total. The molecule has 0 aromatic heterocycles. The van der Waals surface area contributed by atoms with Crippen LogP contribution in [-0.2, 0) is 10.8 Å². The van der Waals surface area contributed by atoms with Gasteiger partial charge in [0.1, 0.15) is 12.0 Å². The van der Waals surface area contributed by atoms with E-state index in [2.05, 4.69) is 61.6 Å². The maximum absolute atomic E-state index is 11.7. The molecule has 21 heavy (non-hydrogen) atoms. The summed E-state index contributed by atoms with van der Waals surface area (Å²) >= 11 is 0. The lowest BCUT2D eigenvalue weighted by atomic mass is 9.71. The smallest absolute Gasteiger partial charge is 0.274 e. The summed E-state index contributed by atoms with van der Waals surface area (Å²) in [5.41, 5.74) is 4.22. The molecule has 3 heteroatoms. The van der Waals surface area contributed by atoms with Crippen molar-refractivity contribution in [3.05, 3.63) is 28.3 Å². The van der Waals surface area contributed by atoms with E-state index in [1.807, 2.05) is 6.07 Å². The molecule has 0 fully saturated rings. The highest BCUT2D eigenvalue weighted by atomic mass is 28.3. The van der Waals surface area contributed by atoms with Gasteiger partial charge in [-0.15, -0.1) is 0 Å². The summed E-state index contributed by atoms with van der Waals surface area (Å²) in [6, 6.07) is 1.93. The Morgan fingerprint density at radius 3 is 1.81 bits per heavy atom. The van der Waals surface area contributed by atoms with Gasteiger partial charge < -0.3 is 4.43 Å². The Kier molecular flexibility index (Phi) is 5.09. The van der Waals surface area contributed by atoms with Gasteiger partial charge in [-0.1, -0.05) is 41.5 Å². The SMILES string of the molecule is Cc1c(O[Si](C)C)cc(C=O)c(C(C)(C)C)c1C(C)(C)C. The van der Waals surface area contributed by atoms with Crippen LogP contribution >= 0.6 is 0 Å². The molecule has 0 aliphatic rings. The average Bonchev–Trinajstić information content (AvgIpc) is 2.27. The first-order valence-corrected chi connectivity index (χ1v) is 9.92. The fraction of sp³-hybridized carbons (Fsp3) is 0.611. The number of hydrogen-bond donors (Lipinski definition) is 0. The Hall–Kier alpha value is -1.09. The monoisotopic (exact) mass is 305 g/mol.